The van der Waals surface area contributed by atoms with Crippen molar-refractivity contribution >= 4 is 17.7 Å². The van der Waals surface area contributed by atoms with Crippen molar-refractivity contribution in [1.82, 2.24) is 0 Å². The molecule has 3 saturated carbocycles. The Morgan fingerprint density at radius 2 is 2.00 bits per heavy atom. The first-order valence-corrected chi connectivity index (χ1v) is 11.9. The van der Waals surface area contributed by atoms with Gasteiger partial charge in [-0.1, -0.05) is 19.4 Å². The molecule has 31 heavy (non-hydrogen) atoms. The smallest absolute Gasteiger partial charge is 0.306 e. The molecule has 0 aromatic rings. The van der Waals surface area contributed by atoms with E-state index in [1.807, 2.05) is 6.08 Å². The second-order valence-corrected chi connectivity index (χ2v) is 11.4. The summed E-state index contributed by atoms with van der Waals surface area (Å²) in [6, 6.07) is 0. The van der Waals surface area contributed by atoms with Crippen molar-refractivity contribution < 1.29 is 28.6 Å². The van der Waals surface area contributed by atoms with E-state index in [1.165, 1.54) is 12.7 Å². The molecule has 8 atom stereocenters. The van der Waals surface area contributed by atoms with Crippen LogP contribution in [0, 0.1) is 28.6 Å². The normalized spacial score (nSPS) is 51.9. The molecule has 4 aliphatic carbocycles. The van der Waals surface area contributed by atoms with Gasteiger partial charge in [-0.3, -0.25) is 14.4 Å². The number of epoxide rings is 1. The van der Waals surface area contributed by atoms with Crippen molar-refractivity contribution in [2.45, 2.75) is 88.9 Å². The van der Waals surface area contributed by atoms with Gasteiger partial charge >= 0.3 is 11.9 Å². The number of esters is 2. The van der Waals surface area contributed by atoms with E-state index in [0.717, 1.165) is 38.5 Å². The van der Waals surface area contributed by atoms with Gasteiger partial charge in [0.2, 0.25) is 0 Å². The Morgan fingerprint density at radius 3 is 2.71 bits per heavy atom. The molecule has 2 aliphatic heterocycles. The molecule has 6 aliphatic rings. The lowest BCUT2D eigenvalue weighted by Crippen LogP contribution is -2.62. The van der Waals surface area contributed by atoms with E-state index >= 15 is 0 Å². The van der Waals surface area contributed by atoms with Gasteiger partial charge in [0.1, 0.15) is 11.2 Å². The fourth-order valence-electron chi connectivity index (χ4n) is 8.95. The minimum Gasteiger partial charge on any atom is -0.469 e. The summed E-state index contributed by atoms with van der Waals surface area (Å²) in [6.45, 7) is 4.60. The minimum absolute atomic E-state index is 0.0758. The molecule has 2 spiro atoms. The number of ether oxygens (including phenoxy) is 3. The quantitative estimate of drug-likeness (QED) is 0.494. The van der Waals surface area contributed by atoms with Crippen LogP contribution in [0.15, 0.2) is 11.6 Å². The molecule has 0 N–H and O–H groups in total. The van der Waals surface area contributed by atoms with Gasteiger partial charge < -0.3 is 14.2 Å². The van der Waals surface area contributed by atoms with E-state index in [-0.39, 0.29) is 57.7 Å². The van der Waals surface area contributed by atoms with Crippen LogP contribution in [0.4, 0.5) is 0 Å². The predicted molar refractivity (Wildman–Crippen MR) is 110 cm³/mol. The molecule has 5 fully saturated rings. The van der Waals surface area contributed by atoms with Gasteiger partial charge in [0.25, 0.3) is 0 Å². The first-order chi connectivity index (χ1) is 14.7. The fourth-order valence-corrected chi connectivity index (χ4v) is 8.95. The third-order valence-corrected chi connectivity index (χ3v) is 10.5. The van der Waals surface area contributed by atoms with Gasteiger partial charge in [-0.25, -0.2) is 0 Å². The van der Waals surface area contributed by atoms with Crippen LogP contribution in [0.5, 0.6) is 0 Å². The van der Waals surface area contributed by atoms with Crippen molar-refractivity contribution in [2.75, 3.05) is 7.11 Å². The molecule has 6 heteroatoms. The van der Waals surface area contributed by atoms with Gasteiger partial charge in [0.15, 0.2) is 5.78 Å². The van der Waals surface area contributed by atoms with Crippen molar-refractivity contribution in [3.8, 4) is 0 Å². The second kappa shape index (κ2) is 6.00. The molecule has 168 valence electrons. The van der Waals surface area contributed by atoms with Crippen LogP contribution in [0.3, 0.4) is 0 Å². The van der Waals surface area contributed by atoms with Gasteiger partial charge in [-0.15, -0.1) is 0 Å². The van der Waals surface area contributed by atoms with E-state index < -0.39 is 0 Å². The highest BCUT2D eigenvalue weighted by Gasteiger charge is 2.82. The SMILES string of the molecule is COC(=O)C[C@@H]1CC2=CC(=O)CCC2(C)[C@@]23O[C@@H]2CC2(C)C(CC[C@@]24CCC(=O)O4)C13. The molecule has 0 aromatic heterocycles. The topological polar surface area (TPSA) is 82.2 Å². The molecular formula is C25H32O6. The Morgan fingerprint density at radius 1 is 1.19 bits per heavy atom. The Bertz CT molecular complexity index is 923. The summed E-state index contributed by atoms with van der Waals surface area (Å²) in [5, 5.41) is 0. The first-order valence-electron chi connectivity index (χ1n) is 11.9. The van der Waals surface area contributed by atoms with Crippen LogP contribution in [0.2, 0.25) is 0 Å². The summed E-state index contributed by atoms with van der Waals surface area (Å²) in [6.07, 6.45) is 8.51. The highest BCUT2D eigenvalue weighted by atomic mass is 16.6. The van der Waals surface area contributed by atoms with E-state index in [0.29, 0.717) is 25.2 Å². The van der Waals surface area contributed by atoms with Crippen molar-refractivity contribution in [1.29, 1.82) is 0 Å². The molecule has 0 bridgehead atoms. The zero-order valence-corrected chi connectivity index (χ0v) is 18.7. The maximum atomic E-state index is 12.4. The maximum Gasteiger partial charge on any atom is 0.306 e. The number of carbonyl (C=O) groups is 3. The monoisotopic (exact) mass is 428 g/mol. The summed E-state index contributed by atoms with van der Waals surface area (Å²) in [5.74, 6) is 0.547. The summed E-state index contributed by atoms with van der Waals surface area (Å²) >= 11 is 0. The molecule has 0 radical (unpaired) electrons. The molecule has 6 rings (SSSR count). The van der Waals surface area contributed by atoms with E-state index in [1.54, 1.807) is 0 Å². The molecule has 6 nitrogen and oxygen atoms in total. The number of ketones is 1. The molecule has 2 saturated heterocycles. The van der Waals surface area contributed by atoms with Gasteiger partial charge in [-0.2, -0.15) is 0 Å². The number of hydrogen-bond acceptors (Lipinski definition) is 6. The summed E-state index contributed by atoms with van der Waals surface area (Å²) in [5.41, 5.74) is 0.175. The third-order valence-electron chi connectivity index (χ3n) is 10.5. The maximum absolute atomic E-state index is 12.4. The van der Waals surface area contributed by atoms with Gasteiger partial charge in [0, 0.05) is 30.1 Å². The zero-order chi connectivity index (χ0) is 21.8. The van der Waals surface area contributed by atoms with Crippen molar-refractivity contribution in [2.24, 2.45) is 28.6 Å². The number of methoxy groups -OCH3 is 1. The first kappa shape index (κ1) is 20.0. The Labute approximate surface area is 183 Å². The lowest BCUT2D eigenvalue weighted by Gasteiger charge is -2.59. The zero-order valence-electron chi connectivity index (χ0n) is 18.7. The van der Waals surface area contributed by atoms with Gasteiger partial charge in [-0.05, 0) is 62.4 Å². The Kier molecular flexibility index (Phi) is 3.86. The Balaban J connectivity index is 1.46. The third kappa shape index (κ3) is 2.25. The molecular weight excluding hydrogens is 396 g/mol. The Hall–Kier alpha value is -1.69. The van der Waals surface area contributed by atoms with Gasteiger partial charge in [0.05, 0.1) is 13.2 Å². The lowest BCUT2D eigenvalue weighted by atomic mass is 9.43. The number of carbonyl (C=O) groups excluding carboxylic acids is 3. The van der Waals surface area contributed by atoms with Crippen LogP contribution in [0.25, 0.3) is 0 Å². The molecule has 2 heterocycles. The number of fused-ring (bicyclic) bond motifs is 4. The highest BCUT2D eigenvalue weighted by molar-refractivity contribution is 5.92. The summed E-state index contributed by atoms with van der Waals surface area (Å²) in [7, 11) is 1.44. The van der Waals surface area contributed by atoms with Crippen molar-refractivity contribution in [3.63, 3.8) is 0 Å². The van der Waals surface area contributed by atoms with Crippen molar-refractivity contribution in [3.05, 3.63) is 11.6 Å². The van der Waals surface area contributed by atoms with Crippen LogP contribution >= 0.6 is 0 Å². The highest BCUT2D eigenvalue weighted by Crippen LogP contribution is 2.78. The summed E-state index contributed by atoms with van der Waals surface area (Å²) < 4.78 is 17.8. The fraction of sp³-hybridized carbons (Fsp3) is 0.800. The lowest BCUT2D eigenvalue weighted by molar-refractivity contribution is -0.166. The van der Waals surface area contributed by atoms with E-state index in [4.69, 9.17) is 14.2 Å². The van der Waals surface area contributed by atoms with E-state index in [2.05, 4.69) is 13.8 Å². The second-order valence-electron chi connectivity index (χ2n) is 11.4. The summed E-state index contributed by atoms with van der Waals surface area (Å²) in [4.78, 5) is 36.9. The standard InChI is InChI=1S/C25H32O6/c1-22-7-4-16(26)12-15(22)10-14(11-20(28)29-3)21-17-5-8-24(9-6-19(27)31-24)23(17,2)13-18-25(21,22)30-18/h12,14,17-18,21H,4-11,13H2,1-3H3/t14-,17?,18+,21?,22?,23?,24+,25+/m0/s1. The molecule has 4 unspecified atom stereocenters. The predicted octanol–water partition coefficient (Wildman–Crippen LogP) is 3.51. The largest absolute Gasteiger partial charge is 0.469 e. The van der Waals surface area contributed by atoms with Crippen LogP contribution in [-0.4, -0.2) is 42.1 Å². The number of hydrogen-bond donors (Lipinski definition) is 0. The van der Waals surface area contributed by atoms with E-state index in [9.17, 15) is 14.4 Å². The average Bonchev–Trinajstić information content (AvgIpc) is 3.21. The molecule has 0 aromatic carbocycles. The van der Waals surface area contributed by atoms with Crippen LogP contribution in [-0.2, 0) is 28.6 Å². The average molecular weight is 429 g/mol. The van der Waals surface area contributed by atoms with Crippen LogP contribution < -0.4 is 0 Å². The minimum atomic E-state index is -0.387. The number of rotatable bonds is 2. The molecule has 0 amide bonds. The van der Waals surface area contributed by atoms with Crippen LogP contribution in [0.1, 0.15) is 71.6 Å².